The number of ether oxygens (including phenoxy) is 1. The van der Waals surface area contributed by atoms with E-state index in [0.29, 0.717) is 28.1 Å². The lowest BCUT2D eigenvalue weighted by molar-refractivity contribution is -0.122. The lowest BCUT2D eigenvalue weighted by Crippen LogP contribution is -2.29. The molecule has 2 N–H and O–H groups in total. The first kappa shape index (κ1) is 16.3. The van der Waals surface area contributed by atoms with Crippen LogP contribution < -0.4 is 15.4 Å². The van der Waals surface area contributed by atoms with E-state index >= 15 is 0 Å². The van der Waals surface area contributed by atoms with E-state index in [1.54, 1.807) is 18.3 Å². The summed E-state index contributed by atoms with van der Waals surface area (Å²) in [5, 5.41) is 10.1. The van der Waals surface area contributed by atoms with Crippen molar-refractivity contribution in [2.75, 3.05) is 12.4 Å². The summed E-state index contributed by atoms with van der Waals surface area (Å²) in [5.41, 5.74) is 0.811. The van der Waals surface area contributed by atoms with Crippen molar-refractivity contribution in [1.29, 1.82) is 0 Å². The number of hydrogen-bond acceptors (Lipinski definition) is 4. The number of methoxy groups -OCH3 is 1. The molecule has 1 aliphatic rings. The lowest BCUT2D eigenvalue weighted by atomic mass is 10.2. The molecule has 126 valence electrons. The van der Waals surface area contributed by atoms with E-state index in [4.69, 9.17) is 16.3 Å². The van der Waals surface area contributed by atoms with Crippen LogP contribution in [0.2, 0.25) is 5.02 Å². The molecule has 0 unspecified atom stereocenters. The summed E-state index contributed by atoms with van der Waals surface area (Å²) in [6.45, 7) is 0.118. The van der Waals surface area contributed by atoms with Gasteiger partial charge in [-0.3, -0.25) is 14.3 Å². The predicted molar refractivity (Wildman–Crippen MR) is 89.3 cm³/mol. The first-order chi connectivity index (χ1) is 11.5. The minimum absolute atomic E-state index is 0.0880. The number of rotatable bonds is 6. The van der Waals surface area contributed by atoms with E-state index in [0.717, 1.165) is 12.8 Å². The number of benzene rings is 1. The van der Waals surface area contributed by atoms with E-state index in [9.17, 15) is 9.59 Å². The zero-order valence-electron chi connectivity index (χ0n) is 13.1. The van der Waals surface area contributed by atoms with Gasteiger partial charge in [0.05, 0.1) is 24.6 Å². The lowest BCUT2D eigenvalue weighted by Gasteiger charge is -2.08. The van der Waals surface area contributed by atoms with Crippen molar-refractivity contribution in [1.82, 2.24) is 15.1 Å². The molecule has 2 aromatic rings. The van der Waals surface area contributed by atoms with Crippen molar-refractivity contribution in [2.45, 2.75) is 25.4 Å². The monoisotopic (exact) mass is 348 g/mol. The minimum atomic E-state index is -0.365. The number of carbonyl (C=O) groups excluding carboxylic acids is 2. The van der Waals surface area contributed by atoms with Crippen LogP contribution in [0.3, 0.4) is 0 Å². The molecule has 8 heteroatoms. The van der Waals surface area contributed by atoms with Gasteiger partial charge in [0.25, 0.3) is 5.91 Å². The van der Waals surface area contributed by atoms with Crippen molar-refractivity contribution in [3.8, 4) is 5.75 Å². The van der Waals surface area contributed by atoms with Gasteiger partial charge in [0, 0.05) is 17.3 Å². The normalized spacial score (nSPS) is 13.4. The van der Waals surface area contributed by atoms with Gasteiger partial charge in [-0.15, -0.1) is 0 Å². The Bertz CT molecular complexity index is 770. The number of carbonyl (C=O) groups is 2. The van der Waals surface area contributed by atoms with Gasteiger partial charge < -0.3 is 15.4 Å². The SMILES string of the molecule is COc1ccc(Cl)cc1C(=O)Nc1cnn(CC(=O)NC2CC2)c1. The third-order valence-corrected chi connectivity index (χ3v) is 3.78. The molecule has 0 bridgehead atoms. The van der Waals surface area contributed by atoms with Crippen LogP contribution in [-0.4, -0.2) is 34.7 Å². The highest BCUT2D eigenvalue weighted by Crippen LogP contribution is 2.23. The standard InChI is InChI=1S/C16H17ClN4O3/c1-24-14-5-2-10(17)6-13(14)16(23)20-12-7-18-21(8-12)9-15(22)19-11-3-4-11/h2,5-8,11H,3-4,9H2,1H3,(H,19,22)(H,20,23). The number of halogens is 1. The Balaban J connectivity index is 1.64. The summed E-state index contributed by atoms with van der Waals surface area (Å²) in [7, 11) is 1.48. The van der Waals surface area contributed by atoms with Crippen molar-refractivity contribution in [3.05, 3.63) is 41.2 Å². The van der Waals surface area contributed by atoms with Gasteiger partial charge in [0.2, 0.25) is 5.91 Å². The zero-order chi connectivity index (χ0) is 17.1. The van der Waals surface area contributed by atoms with Gasteiger partial charge in [-0.05, 0) is 31.0 Å². The van der Waals surface area contributed by atoms with Gasteiger partial charge in [-0.2, -0.15) is 5.10 Å². The molecule has 3 rings (SSSR count). The Labute approximate surface area is 143 Å². The van der Waals surface area contributed by atoms with Crippen LogP contribution in [0.4, 0.5) is 5.69 Å². The largest absolute Gasteiger partial charge is 0.496 e. The second-order valence-corrected chi connectivity index (χ2v) is 6.00. The van der Waals surface area contributed by atoms with Crippen LogP contribution in [0.1, 0.15) is 23.2 Å². The van der Waals surface area contributed by atoms with Crippen LogP contribution in [0.5, 0.6) is 5.75 Å². The smallest absolute Gasteiger partial charge is 0.259 e. The van der Waals surface area contributed by atoms with Crippen LogP contribution in [0.25, 0.3) is 0 Å². The van der Waals surface area contributed by atoms with Crippen LogP contribution in [-0.2, 0) is 11.3 Å². The maximum atomic E-state index is 12.4. The third-order valence-electron chi connectivity index (χ3n) is 3.55. The summed E-state index contributed by atoms with van der Waals surface area (Å²) in [4.78, 5) is 24.1. The van der Waals surface area contributed by atoms with Crippen molar-refractivity contribution in [3.63, 3.8) is 0 Å². The van der Waals surface area contributed by atoms with Crippen LogP contribution in [0, 0.1) is 0 Å². The molecule has 1 saturated carbocycles. The summed E-state index contributed by atoms with van der Waals surface area (Å²) in [6.07, 6.45) is 5.15. The summed E-state index contributed by atoms with van der Waals surface area (Å²) >= 11 is 5.93. The molecule has 1 heterocycles. The number of aromatic nitrogens is 2. The highest BCUT2D eigenvalue weighted by Gasteiger charge is 2.23. The number of nitrogens with zero attached hydrogens (tertiary/aromatic N) is 2. The second kappa shape index (κ2) is 6.92. The predicted octanol–water partition coefficient (Wildman–Crippen LogP) is 2.08. The van der Waals surface area contributed by atoms with Crippen molar-refractivity contribution >= 4 is 29.1 Å². The van der Waals surface area contributed by atoms with Crippen molar-refractivity contribution in [2.24, 2.45) is 0 Å². The number of hydrogen-bond donors (Lipinski definition) is 2. The molecule has 0 spiro atoms. The maximum absolute atomic E-state index is 12.4. The fourth-order valence-electron chi connectivity index (χ4n) is 2.22. The molecule has 1 aliphatic carbocycles. The van der Waals surface area contributed by atoms with Crippen LogP contribution in [0.15, 0.2) is 30.6 Å². The Morgan fingerprint density at radius 1 is 1.42 bits per heavy atom. The van der Waals surface area contributed by atoms with E-state index in [-0.39, 0.29) is 18.4 Å². The first-order valence-corrected chi connectivity index (χ1v) is 7.89. The van der Waals surface area contributed by atoms with Crippen molar-refractivity contribution < 1.29 is 14.3 Å². The Morgan fingerprint density at radius 2 is 2.21 bits per heavy atom. The fraction of sp³-hybridized carbons (Fsp3) is 0.312. The van der Waals surface area contributed by atoms with E-state index in [1.165, 1.54) is 24.1 Å². The summed E-state index contributed by atoms with van der Waals surface area (Å²) in [5.74, 6) is -0.0283. The van der Waals surface area contributed by atoms with E-state index in [1.807, 2.05) is 0 Å². The van der Waals surface area contributed by atoms with Gasteiger partial charge in [-0.1, -0.05) is 11.6 Å². The first-order valence-electron chi connectivity index (χ1n) is 7.52. The van der Waals surface area contributed by atoms with Gasteiger partial charge in [0.1, 0.15) is 12.3 Å². The molecule has 0 radical (unpaired) electrons. The third kappa shape index (κ3) is 4.05. The van der Waals surface area contributed by atoms with E-state index in [2.05, 4.69) is 15.7 Å². The molecule has 1 aromatic heterocycles. The second-order valence-electron chi connectivity index (χ2n) is 5.57. The Hall–Kier alpha value is -2.54. The molecular formula is C16H17ClN4O3. The highest BCUT2D eigenvalue weighted by atomic mass is 35.5. The molecular weight excluding hydrogens is 332 g/mol. The molecule has 1 aromatic carbocycles. The van der Waals surface area contributed by atoms with Gasteiger partial charge in [-0.25, -0.2) is 0 Å². The highest BCUT2D eigenvalue weighted by molar-refractivity contribution is 6.31. The quantitative estimate of drug-likeness (QED) is 0.837. The number of amides is 2. The maximum Gasteiger partial charge on any atom is 0.259 e. The minimum Gasteiger partial charge on any atom is -0.496 e. The molecule has 0 atom stereocenters. The van der Waals surface area contributed by atoms with Gasteiger partial charge in [0.15, 0.2) is 0 Å². The summed E-state index contributed by atoms with van der Waals surface area (Å²) in [6, 6.07) is 5.11. The van der Waals surface area contributed by atoms with E-state index < -0.39 is 0 Å². The average molecular weight is 349 g/mol. The average Bonchev–Trinajstić information content (AvgIpc) is 3.25. The topological polar surface area (TPSA) is 85.2 Å². The fourth-order valence-corrected chi connectivity index (χ4v) is 2.39. The molecule has 1 fully saturated rings. The Morgan fingerprint density at radius 3 is 2.92 bits per heavy atom. The number of nitrogens with one attached hydrogen (secondary N) is 2. The Kier molecular flexibility index (Phi) is 4.71. The molecule has 2 amide bonds. The zero-order valence-corrected chi connectivity index (χ0v) is 13.8. The van der Waals surface area contributed by atoms with Gasteiger partial charge >= 0.3 is 0 Å². The molecule has 24 heavy (non-hydrogen) atoms. The van der Waals surface area contributed by atoms with Crippen LogP contribution >= 0.6 is 11.6 Å². The molecule has 7 nitrogen and oxygen atoms in total. The molecule has 0 saturated heterocycles. The summed E-state index contributed by atoms with van der Waals surface area (Å²) < 4.78 is 6.64. The molecule has 0 aliphatic heterocycles. The number of anilines is 1.